The van der Waals surface area contributed by atoms with Crippen LogP contribution < -0.4 is 14.8 Å². The Morgan fingerprint density at radius 3 is 2.67 bits per heavy atom. The molecule has 0 aliphatic carbocycles. The summed E-state index contributed by atoms with van der Waals surface area (Å²) in [7, 11) is 1.55. The maximum absolute atomic E-state index is 13.7. The molecule has 188 valence electrons. The second kappa shape index (κ2) is 12.7. The van der Waals surface area contributed by atoms with Crippen LogP contribution in [0, 0.1) is 0 Å². The first kappa shape index (κ1) is 25.2. The quantitative estimate of drug-likeness (QED) is 0.429. The monoisotopic (exact) mass is 487 g/mol. The van der Waals surface area contributed by atoms with Gasteiger partial charge in [0.2, 0.25) is 5.91 Å². The van der Waals surface area contributed by atoms with Crippen LogP contribution in [0.4, 0.5) is 0 Å². The molecule has 0 bridgehead atoms. The molecule has 1 saturated heterocycles. The molecule has 2 aromatic carbocycles. The Kier molecular flexibility index (Phi) is 8.92. The zero-order chi connectivity index (χ0) is 25.2. The summed E-state index contributed by atoms with van der Waals surface area (Å²) in [5.74, 6) is 0.950. The van der Waals surface area contributed by atoms with Gasteiger partial charge in [0.1, 0.15) is 17.5 Å². The van der Waals surface area contributed by atoms with E-state index in [9.17, 15) is 9.59 Å². The van der Waals surface area contributed by atoms with Crippen LogP contribution in [0.25, 0.3) is 0 Å². The fourth-order valence-electron chi connectivity index (χ4n) is 4.42. The lowest BCUT2D eigenvalue weighted by atomic mass is 10.0. The number of aromatic nitrogens is 1. The molecule has 1 aliphatic heterocycles. The van der Waals surface area contributed by atoms with Crippen molar-refractivity contribution in [3.63, 3.8) is 0 Å². The molecule has 1 atom stereocenters. The van der Waals surface area contributed by atoms with Crippen molar-refractivity contribution < 1.29 is 19.1 Å². The fraction of sp³-hybridized carbons (Fsp3) is 0.345. The highest BCUT2D eigenvalue weighted by atomic mass is 16.5. The Labute approximate surface area is 212 Å². The molecule has 2 heterocycles. The molecule has 1 N–H and O–H groups in total. The molecule has 1 aromatic heterocycles. The molecule has 4 rings (SSSR count). The molecule has 0 spiro atoms. The molecule has 0 unspecified atom stereocenters. The highest BCUT2D eigenvalue weighted by Gasteiger charge is 2.32. The van der Waals surface area contributed by atoms with Crippen molar-refractivity contribution >= 4 is 11.8 Å². The Hall–Kier alpha value is -3.87. The summed E-state index contributed by atoms with van der Waals surface area (Å²) in [4.78, 5) is 32.4. The highest BCUT2D eigenvalue weighted by Crippen LogP contribution is 2.25. The Bertz CT molecular complexity index is 1130. The Balaban J connectivity index is 1.44. The van der Waals surface area contributed by atoms with E-state index >= 15 is 0 Å². The van der Waals surface area contributed by atoms with E-state index in [1.54, 1.807) is 30.3 Å². The number of para-hydroxylation sites is 1. The topological polar surface area (TPSA) is 80.8 Å². The van der Waals surface area contributed by atoms with E-state index in [2.05, 4.69) is 16.4 Å². The number of ether oxygens (including phenoxy) is 2. The van der Waals surface area contributed by atoms with E-state index in [0.717, 1.165) is 37.0 Å². The standard InChI is InChI=1S/C29H33N3O4/c1-35-27-12-3-2-10-25(27)29(34)32(26-11-4-5-18-31-28(26)33)21-23-13-15-24(16-14-23)36-19-7-9-22-8-6-17-30-20-22/h2-3,6,8,10,12-17,20,26H,4-5,7,9,11,18-19,21H2,1H3,(H,31,33)/t26-/m0/s1. The third-order valence-electron chi connectivity index (χ3n) is 6.36. The molecule has 7 heteroatoms. The van der Waals surface area contributed by atoms with E-state index in [-0.39, 0.29) is 11.8 Å². The van der Waals surface area contributed by atoms with Gasteiger partial charge in [0.15, 0.2) is 0 Å². The predicted molar refractivity (Wildman–Crippen MR) is 138 cm³/mol. The van der Waals surface area contributed by atoms with Crippen LogP contribution in [0.15, 0.2) is 73.1 Å². The van der Waals surface area contributed by atoms with Gasteiger partial charge in [-0.3, -0.25) is 14.6 Å². The number of nitrogens with zero attached hydrogens (tertiary/aromatic N) is 2. The van der Waals surface area contributed by atoms with Crippen LogP contribution >= 0.6 is 0 Å². The van der Waals surface area contributed by atoms with Crippen LogP contribution in [-0.4, -0.2) is 48.0 Å². The third kappa shape index (κ3) is 6.62. The Morgan fingerprint density at radius 2 is 1.89 bits per heavy atom. The molecule has 7 nitrogen and oxygen atoms in total. The van der Waals surface area contributed by atoms with Gasteiger partial charge in [-0.2, -0.15) is 0 Å². The molecule has 1 fully saturated rings. The van der Waals surface area contributed by atoms with Crippen molar-refractivity contribution in [2.45, 2.75) is 44.7 Å². The maximum atomic E-state index is 13.7. The minimum atomic E-state index is -0.534. The number of hydrogen-bond acceptors (Lipinski definition) is 5. The SMILES string of the molecule is COc1ccccc1C(=O)N(Cc1ccc(OCCCc2cccnc2)cc1)[C@H]1CCCCNC1=O. The molecule has 0 radical (unpaired) electrons. The van der Waals surface area contributed by atoms with Gasteiger partial charge in [-0.25, -0.2) is 0 Å². The summed E-state index contributed by atoms with van der Waals surface area (Å²) in [6.07, 6.45) is 7.87. The minimum Gasteiger partial charge on any atom is -0.496 e. The van der Waals surface area contributed by atoms with Gasteiger partial charge in [-0.1, -0.05) is 30.3 Å². The molecular weight excluding hydrogens is 454 g/mol. The van der Waals surface area contributed by atoms with Crippen LogP contribution in [0.5, 0.6) is 11.5 Å². The molecule has 2 amide bonds. The van der Waals surface area contributed by atoms with Gasteiger partial charge in [-0.15, -0.1) is 0 Å². The molecule has 36 heavy (non-hydrogen) atoms. The van der Waals surface area contributed by atoms with Crippen molar-refractivity contribution in [2.24, 2.45) is 0 Å². The first-order valence-electron chi connectivity index (χ1n) is 12.5. The summed E-state index contributed by atoms with van der Waals surface area (Å²) >= 11 is 0. The number of nitrogens with one attached hydrogen (secondary N) is 1. The lowest BCUT2D eigenvalue weighted by Gasteiger charge is -2.30. The first-order chi connectivity index (χ1) is 17.7. The second-order valence-electron chi connectivity index (χ2n) is 8.89. The number of carbonyl (C=O) groups excluding carboxylic acids is 2. The van der Waals surface area contributed by atoms with Gasteiger partial charge in [0.25, 0.3) is 5.91 Å². The number of aryl methyl sites for hydroxylation is 1. The predicted octanol–water partition coefficient (Wildman–Crippen LogP) is 4.41. The zero-order valence-electron chi connectivity index (χ0n) is 20.7. The smallest absolute Gasteiger partial charge is 0.258 e. The number of pyridine rings is 1. The number of hydrogen-bond donors (Lipinski definition) is 1. The maximum Gasteiger partial charge on any atom is 0.258 e. The van der Waals surface area contributed by atoms with Gasteiger partial charge in [-0.05, 0) is 73.6 Å². The zero-order valence-corrected chi connectivity index (χ0v) is 20.7. The van der Waals surface area contributed by atoms with Crippen LogP contribution in [0.3, 0.4) is 0 Å². The second-order valence-corrected chi connectivity index (χ2v) is 8.89. The largest absolute Gasteiger partial charge is 0.496 e. The summed E-state index contributed by atoms with van der Waals surface area (Å²) in [6, 6.07) is 18.3. The summed E-state index contributed by atoms with van der Waals surface area (Å²) < 4.78 is 11.3. The van der Waals surface area contributed by atoms with Gasteiger partial charge < -0.3 is 19.7 Å². The lowest BCUT2D eigenvalue weighted by molar-refractivity contribution is -0.125. The molecule has 0 saturated carbocycles. The van der Waals surface area contributed by atoms with Gasteiger partial charge in [0, 0.05) is 25.5 Å². The van der Waals surface area contributed by atoms with E-state index in [4.69, 9.17) is 9.47 Å². The number of amides is 2. The number of methoxy groups -OCH3 is 1. The van der Waals surface area contributed by atoms with Crippen molar-refractivity contribution in [2.75, 3.05) is 20.3 Å². The van der Waals surface area contributed by atoms with Crippen LogP contribution in [0.2, 0.25) is 0 Å². The number of benzene rings is 2. The van der Waals surface area contributed by atoms with E-state index in [0.29, 0.717) is 37.4 Å². The molecule has 3 aromatic rings. The van der Waals surface area contributed by atoms with E-state index in [1.807, 2.05) is 48.7 Å². The average Bonchev–Trinajstić information content (AvgIpc) is 3.14. The van der Waals surface area contributed by atoms with Gasteiger partial charge >= 0.3 is 0 Å². The lowest BCUT2D eigenvalue weighted by Crippen LogP contribution is -2.48. The van der Waals surface area contributed by atoms with Gasteiger partial charge in [0.05, 0.1) is 19.3 Å². The van der Waals surface area contributed by atoms with Crippen LogP contribution in [0.1, 0.15) is 47.2 Å². The first-order valence-corrected chi connectivity index (χ1v) is 12.5. The number of carbonyl (C=O) groups is 2. The van der Waals surface area contributed by atoms with Crippen molar-refractivity contribution in [1.82, 2.24) is 15.2 Å². The van der Waals surface area contributed by atoms with E-state index < -0.39 is 6.04 Å². The van der Waals surface area contributed by atoms with E-state index in [1.165, 1.54) is 5.56 Å². The Morgan fingerprint density at radius 1 is 1.06 bits per heavy atom. The van der Waals surface area contributed by atoms with Crippen molar-refractivity contribution in [1.29, 1.82) is 0 Å². The number of rotatable bonds is 10. The third-order valence-corrected chi connectivity index (χ3v) is 6.36. The summed E-state index contributed by atoms with van der Waals surface area (Å²) in [5, 5.41) is 2.96. The highest BCUT2D eigenvalue weighted by molar-refractivity contribution is 5.99. The fourth-order valence-corrected chi connectivity index (χ4v) is 4.42. The molecule has 1 aliphatic rings. The molecular formula is C29H33N3O4. The van der Waals surface area contributed by atoms with Crippen molar-refractivity contribution in [3.05, 3.63) is 89.7 Å². The summed E-state index contributed by atoms with van der Waals surface area (Å²) in [5.41, 5.74) is 2.57. The van der Waals surface area contributed by atoms with Crippen molar-refractivity contribution in [3.8, 4) is 11.5 Å². The minimum absolute atomic E-state index is 0.107. The average molecular weight is 488 g/mol. The summed E-state index contributed by atoms with van der Waals surface area (Å²) in [6.45, 7) is 1.56. The normalized spacial score (nSPS) is 15.5. The van der Waals surface area contributed by atoms with Crippen LogP contribution in [-0.2, 0) is 17.8 Å².